The van der Waals surface area contributed by atoms with E-state index in [1.165, 1.54) is 11.1 Å². The maximum Gasteiger partial charge on any atom is 0.244 e. The Bertz CT molecular complexity index is 575. The molecular formula is C16H23IN4OS. The summed E-state index contributed by atoms with van der Waals surface area (Å²) in [6.45, 7) is 3.45. The minimum absolute atomic E-state index is 0. The molecule has 2 heterocycles. The van der Waals surface area contributed by atoms with Gasteiger partial charge in [0.1, 0.15) is 6.54 Å². The molecular weight excluding hydrogens is 423 g/mol. The number of aliphatic imine (C=N–C) groups is 1. The van der Waals surface area contributed by atoms with Crippen LogP contribution in [-0.2, 0) is 17.8 Å². The number of amides is 1. The molecule has 0 atom stereocenters. The Balaban J connectivity index is 0.00000192. The van der Waals surface area contributed by atoms with E-state index in [9.17, 15) is 4.79 Å². The number of hydrogen-bond acceptors (Lipinski definition) is 3. The van der Waals surface area contributed by atoms with Gasteiger partial charge in [-0.2, -0.15) is 11.8 Å². The Morgan fingerprint density at radius 1 is 1.13 bits per heavy atom. The van der Waals surface area contributed by atoms with Gasteiger partial charge in [-0.05, 0) is 17.5 Å². The lowest BCUT2D eigenvalue weighted by molar-refractivity contribution is -0.130. The molecule has 2 N–H and O–H groups in total. The number of nitrogens with two attached hydrogens (primary N) is 1. The van der Waals surface area contributed by atoms with Crippen LogP contribution in [0.1, 0.15) is 11.1 Å². The first kappa shape index (κ1) is 18.4. The highest BCUT2D eigenvalue weighted by Gasteiger charge is 2.20. The Morgan fingerprint density at radius 3 is 2.57 bits per heavy atom. The molecule has 0 aliphatic carbocycles. The molecule has 0 aromatic heterocycles. The van der Waals surface area contributed by atoms with Crippen LogP contribution in [0.25, 0.3) is 0 Å². The molecule has 2 aliphatic rings. The summed E-state index contributed by atoms with van der Waals surface area (Å²) in [6.07, 6.45) is 0.921. The van der Waals surface area contributed by atoms with E-state index >= 15 is 0 Å². The maximum atomic E-state index is 12.3. The number of fused-ring (bicyclic) bond motifs is 1. The molecule has 1 fully saturated rings. The van der Waals surface area contributed by atoms with E-state index in [0.29, 0.717) is 12.5 Å². The van der Waals surface area contributed by atoms with Crippen molar-refractivity contribution in [1.82, 2.24) is 9.80 Å². The van der Waals surface area contributed by atoms with E-state index in [1.807, 2.05) is 22.7 Å². The Labute approximate surface area is 158 Å². The number of carbonyl (C=O) groups is 1. The van der Waals surface area contributed by atoms with Gasteiger partial charge >= 0.3 is 0 Å². The van der Waals surface area contributed by atoms with Gasteiger partial charge in [-0.25, -0.2) is 4.99 Å². The molecule has 23 heavy (non-hydrogen) atoms. The number of carbonyl (C=O) groups excluding carboxylic acids is 1. The summed E-state index contributed by atoms with van der Waals surface area (Å²) in [4.78, 5) is 20.6. The van der Waals surface area contributed by atoms with E-state index < -0.39 is 0 Å². The highest BCUT2D eigenvalue weighted by atomic mass is 127. The van der Waals surface area contributed by atoms with Crippen molar-refractivity contribution in [3.63, 3.8) is 0 Å². The molecule has 1 saturated heterocycles. The van der Waals surface area contributed by atoms with Gasteiger partial charge in [-0.1, -0.05) is 24.3 Å². The fraction of sp³-hybridized carbons (Fsp3) is 0.500. The molecule has 3 rings (SSSR count). The van der Waals surface area contributed by atoms with Gasteiger partial charge in [0, 0.05) is 37.7 Å². The van der Waals surface area contributed by atoms with E-state index in [4.69, 9.17) is 5.73 Å². The van der Waals surface area contributed by atoms with Crippen molar-refractivity contribution in [2.75, 3.05) is 37.7 Å². The zero-order valence-corrected chi connectivity index (χ0v) is 16.3. The molecule has 1 aromatic carbocycles. The van der Waals surface area contributed by atoms with Crippen LogP contribution >= 0.6 is 35.7 Å². The van der Waals surface area contributed by atoms with E-state index in [0.717, 1.165) is 37.6 Å². The van der Waals surface area contributed by atoms with Crippen molar-refractivity contribution in [1.29, 1.82) is 0 Å². The number of halogens is 1. The molecule has 0 unspecified atom stereocenters. The summed E-state index contributed by atoms with van der Waals surface area (Å²) >= 11 is 1.93. The molecule has 126 valence electrons. The standard InChI is InChI=1S/C16H22N4OS.HI/c17-16(19-7-9-22-10-8-19)18-11-15(21)20-6-5-13-3-1-2-4-14(13)12-20;/h1-4H,5-12H2,(H2,17,18);1H. The molecule has 2 aliphatic heterocycles. The van der Waals surface area contributed by atoms with Crippen LogP contribution < -0.4 is 5.73 Å². The largest absolute Gasteiger partial charge is 0.370 e. The summed E-state index contributed by atoms with van der Waals surface area (Å²) in [6, 6.07) is 8.31. The zero-order chi connectivity index (χ0) is 15.4. The molecule has 7 heteroatoms. The fourth-order valence-corrected chi connectivity index (χ4v) is 3.75. The topological polar surface area (TPSA) is 61.9 Å². The molecule has 0 bridgehead atoms. The second-order valence-corrected chi connectivity index (χ2v) is 6.83. The SMILES string of the molecule is I.NC(=NCC(=O)N1CCc2ccccc2C1)N1CCSCC1. The van der Waals surface area contributed by atoms with E-state index in [-0.39, 0.29) is 36.4 Å². The average Bonchev–Trinajstić information content (AvgIpc) is 2.59. The van der Waals surface area contributed by atoms with E-state index in [1.54, 1.807) is 0 Å². The second-order valence-electron chi connectivity index (χ2n) is 5.61. The van der Waals surface area contributed by atoms with E-state index in [2.05, 4.69) is 28.1 Å². The van der Waals surface area contributed by atoms with Crippen molar-refractivity contribution in [3.05, 3.63) is 35.4 Å². The van der Waals surface area contributed by atoms with Crippen molar-refractivity contribution < 1.29 is 4.79 Å². The van der Waals surface area contributed by atoms with Gasteiger partial charge in [0.15, 0.2) is 5.96 Å². The quantitative estimate of drug-likeness (QED) is 0.426. The highest BCUT2D eigenvalue weighted by Crippen LogP contribution is 2.18. The number of guanidine groups is 1. The summed E-state index contributed by atoms with van der Waals surface area (Å²) in [5, 5.41) is 0. The lowest BCUT2D eigenvalue weighted by atomic mass is 10.00. The minimum atomic E-state index is 0. The molecule has 0 radical (unpaired) electrons. The van der Waals surface area contributed by atoms with Crippen LogP contribution in [0.5, 0.6) is 0 Å². The lowest BCUT2D eigenvalue weighted by Gasteiger charge is -2.29. The maximum absolute atomic E-state index is 12.3. The number of nitrogens with zero attached hydrogens (tertiary/aromatic N) is 3. The van der Waals surface area contributed by atoms with Crippen molar-refractivity contribution in [2.24, 2.45) is 10.7 Å². The normalized spacial score (nSPS) is 18.2. The molecule has 1 aromatic rings. The van der Waals surface area contributed by atoms with Crippen molar-refractivity contribution >= 4 is 47.6 Å². The minimum Gasteiger partial charge on any atom is -0.370 e. The Kier molecular flexibility index (Phi) is 7.01. The molecule has 0 spiro atoms. The third-order valence-electron chi connectivity index (χ3n) is 4.19. The van der Waals surface area contributed by atoms with Crippen molar-refractivity contribution in [3.8, 4) is 0 Å². The Morgan fingerprint density at radius 2 is 1.83 bits per heavy atom. The van der Waals surface area contributed by atoms with Crippen LogP contribution in [0, 0.1) is 0 Å². The number of thioether (sulfide) groups is 1. The Hall–Kier alpha value is -0.960. The van der Waals surface area contributed by atoms with Crippen molar-refractivity contribution in [2.45, 2.75) is 13.0 Å². The first-order chi connectivity index (χ1) is 10.7. The van der Waals surface area contributed by atoms with Crippen LogP contribution in [0.2, 0.25) is 0 Å². The number of rotatable bonds is 2. The molecule has 5 nitrogen and oxygen atoms in total. The van der Waals surface area contributed by atoms with Gasteiger partial charge in [0.05, 0.1) is 0 Å². The third kappa shape index (κ3) is 4.76. The van der Waals surface area contributed by atoms with Gasteiger partial charge in [-0.3, -0.25) is 4.79 Å². The van der Waals surface area contributed by atoms with Gasteiger partial charge in [0.25, 0.3) is 0 Å². The smallest absolute Gasteiger partial charge is 0.244 e. The van der Waals surface area contributed by atoms with Crippen LogP contribution in [0.15, 0.2) is 29.3 Å². The first-order valence-corrected chi connectivity index (χ1v) is 8.86. The average molecular weight is 446 g/mol. The van der Waals surface area contributed by atoms with Crippen LogP contribution in [0.3, 0.4) is 0 Å². The molecule has 1 amide bonds. The van der Waals surface area contributed by atoms with Crippen LogP contribution in [-0.4, -0.2) is 59.4 Å². The highest BCUT2D eigenvalue weighted by molar-refractivity contribution is 14.0. The van der Waals surface area contributed by atoms with Gasteiger partial charge in [-0.15, -0.1) is 24.0 Å². The predicted octanol–water partition coefficient (Wildman–Crippen LogP) is 1.55. The summed E-state index contributed by atoms with van der Waals surface area (Å²) < 4.78 is 0. The zero-order valence-electron chi connectivity index (χ0n) is 13.1. The van der Waals surface area contributed by atoms with Gasteiger partial charge < -0.3 is 15.5 Å². The van der Waals surface area contributed by atoms with Crippen LogP contribution in [0.4, 0.5) is 0 Å². The fourth-order valence-electron chi connectivity index (χ4n) is 2.85. The first-order valence-electron chi connectivity index (χ1n) is 7.71. The number of benzene rings is 1. The summed E-state index contributed by atoms with van der Waals surface area (Å²) in [5.74, 6) is 2.72. The predicted molar refractivity (Wildman–Crippen MR) is 106 cm³/mol. The summed E-state index contributed by atoms with van der Waals surface area (Å²) in [5.41, 5.74) is 8.59. The second kappa shape index (κ2) is 8.77. The molecule has 0 saturated carbocycles. The summed E-state index contributed by atoms with van der Waals surface area (Å²) in [7, 11) is 0. The monoisotopic (exact) mass is 446 g/mol. The van der Waals surface area contributed by atoms with Gasteiger partial charge in [0.2, 0.25) is 5.91 Å². The third-order valence-corrected chi connectivity index (χ3v) is 5.14. The number of hydrogen-bond donors (Lipinski definition) is 1. The lowest BCUT2D eigenvalue weighted by Crippen LogP contribution is -2.43.